The van der Waals surface area contributed by atoms with E-state index in [1.807, 2.05) is 38.1 Å². The predicted molar refractivity (Wildman–Crippen MR) is 79.8 cm³/mol. The highest BCUT2D eigenvalue weighted by Crippen LogP contribution is 2.26. The van der Waals surface area contributed by atoms with Crippen LogP contribution in [0, 0.1) is 13.8 Å². The highest BCUT2D eigenvalue weighted by Gasteiger charge is 2.13. The molecule has 6 heteroatoms. The Bertz CT molecular complexity index is 732. The van der Waals surface area contributed by atoms with E-state index in [2.05, 4.69) is 38.9 Å². The van der Waals surface area contributed by atoms with E-state index >= 15 is 0 Å². The number of anilines is 1. The van der Waals surface area contributed by atoms with Crippen LogP contribution in [-0.2, 0) is 0 Å². The smallest absolute Gasteiger partial charge is 0.204 e. The van der Waals surface area contributed by atoms with Crippen LogP contribution < -0.4 is 5.32 Å². The van der Waals surface area contributed by atoms with Crippen LogP contribution in [-0.4, -0.2) is 20.6 Å². The van der Waals surface area contributed by atoms with Gasteiger partial charge in [0, 0.05) is 16.8 Å². The Morgan fingerprint density at radius 1 is 1.24 bits per heavy atom. The average Bonchev–Trinajstić information content (AvgIpc) is 3.08. The van der Waals surface area contributed by atoms with Gasteiger partial charge in [-0.05, 0) is 44.2 Å². The van der Waals surface area contributed by atoms with Crippen LogP contribution in [0.15, 0.2) is 34.7 Å². The van der Waals surface area contributed by atoms with Crippen molar-refractivity contribution >= 4 is 5.69 Å². The van der Waals surface area contributed by atoms with Gasteiger partial charge < -0.3 is 9.73 Å². The van der Waals surface area contributed by atoms with Gasteiger partial charge in [0.25, 0.3) is 0 Å². The monoisotopic (exact) mass is 283 g/mol. The number of benzene rings is 1. The Balaban J connectivity index is 1.82. The third-order valence-corrected chi connectivity index (χ3v) is 3.40. The molecule has 2 aromatic heterocycles. The summed E-state index contributed by atoms with van der Waals surface area (Å²) in [6.45, 7) is 6.05. The van der Waals surface area contributed by atoms with Crippen molar-refractivity contribution in [1.82, 2.24) is 20.6 Å². The van der Waals surface area contributed by atoms with Gasteiger partial charge in [-0.25, -0.2) is 0 Å². The molecule has 21 heavy (non-hydrogen) atoms. The largest absolute Gasteiger partial charge is 0.466 e. The van der Waals surface area contributed by atoms with Crippen molar-refractivity contribution in [1.29, 1.82) is 0 Å². The molecule has 1 aromatic carbocycles. The molecule has 108 valence electrons. The molecule has 0 bridgehead atoms. The fraction of sp³-hybridized carbons (Fsp3) is 0.267. The number of aromatic nitrogens is 4. The van der Waals surface area contributed by atoms with Crippen molar-refractivity contribution in [3.63, 3.8) is 0 Å². The first-order valence-corrected chi connectivity index (χ1v) is 6.81. The number of tetrazole rings is 1. The highest BCUT2D eigenvalue weighted by atomic mass is 16.3. The number of hydrogen-bond donors (Lipinski definition) is 2. The van der Waals surface area contributed by atoms with Crippen LogP contribution in [0.25, 0.3) is 11.4 Å². The average molecular weight is 283 g/mol. The summed E-state index contributed by atoms with van der Waals surface area (Å²) in [7, 11) is 0. The molecule has 0 radical (unpaired) electrons. The molecule has 0 aliphatic heterocycles. The van der Waals surface area contributed by atoms with Gasteiger partial charge in [0.15, 0.2) is 0 Å². The molecule has 0 saturated heterocycles. The van der Waals surface area contributed by atoms with Crippen molar-refractivity contribution in [2.45, 2.75) is 26.8 Å². The fourth-order valence-electron chi connectivity index (χ4n) is 2.44. The van der Waals surface area contributed by atoms with Gasteiger partial charge in [-0.3, -0.25) is 0 Å². The Morgan fingerprint density at radius 2 is 2.10 bits per heavy atom. The standard InChI is InChI=1S/C15H17N5O/c1-9-7-14(11(3)21-9)10(2)16-13-6-4-5-12(8-13)15-17-19-20-18-15/h4-8,10,16H,1-3H3,(H,17,18,19,20). The predicted octanol–water partition coefficient (Wildman–Crippen LogP) is 3.25. The second-order valence-electron chi connectivity index (χ2n) is 5.05. The molecule has 2 heterocycles. The van der Waals surface area contributed by atoms with Crippen LogP contribution in [0.3, 0.4) is 0 Å². The number of aromatic amines is 1. The van der Waals surface area contributed by atoms with E-state index in [-0.39, 0.29) is 6.04 Å². The molecule has 0 aliphatic rings. The molecular weight excluding hydrogens is 266 g/mol. The van der Waals surface area contributed by atoms with E-state index in [4.69, 9.17) is 4.42 Å². The fourth-order valence-corrected chi connectivity index (χ4v) is 2.44. The summed E-state index contributed by atoms with van der Waals surface area (Å²) >= 11 is 0. The van der Waals surface area contributed by atoms with Gasteiger partial charge in [-0.1, -0.05) is 12.1 Å². The minimum atomic E-state index is 0.156. The van der Waals surface area contributed by atoms with Crippen LogP contribution in [0.5, 0.6) is 0 Å². The molecule has 0 aliphatic carbocycles. The van der Waals surface area contributed by atoms with Crippen molar-refractivity contribution in [3.8, 4) is 11.4 Å². The molecule has 0 saturated carbocycles. The van der Waals surface area contributed by atoms with Gasteiger partial charge in [-0.15, -0.1) is 10.2 Å². The van der Waals surface area contributed by atoms with E-state index in [0.717, 1.165) is 28.3 Å². The lowest BCUT2D eigenvalue weighted by molar-refractivity contribution is 0.500. The maximum absolute atomic E-state index is 5.58. The molecular formula is C15H17N5O. The summed E-state index contributed by atoms with van der Waals surface area (Å²) in [5, 5.41) is 17.5. The lowest BCUT2D eigenvalue weighted by atomic mass is 10.1. The lowest BCUT2D eigenvalue weighted by Crippen LogP contribution is -2.06. The zero-order valence-electron chi connectivity index (χ0n) is 12.2. The van der Waals surface area contributed by atoms with E-state index in [1.54, 1.807) is 0 Å². The Kier molecular flexibility index (Phi) is 3.43. The number of hydrogen-bond acceptors (Lipinski definition) is 5. The maximum Gasteiger partial charge on any atom is 0.204 e. The van der Waals surface area contributed by atoms with E-state index in [0.29, 0.717) is 5.82 Å². The molecule has 2 N–H and O–H groups in total. The molecule has 1 unspecified atom stereocenters. The molecule has 1 atom stereocenters. The van der Waals surface area contributed by atoms with Gasteiger partial charge in [0.05, 0.1) is 6.04 Å². The molecule has 0 amide bonds. The summed E-state index contributed by atoms with van der Waals surface area (Å²) < 4.78 is 5.58. The summed E-state index contributed by atoms with van der Waals surface area (Å²) in [5.74, 6) is 2.46. The number of aryl methyl sites for hydroxylation is 2. The summed E-state index contributed by atoms with van der Waals surface area (Å²) in [6.07, 6.45) is 0. The Hall–Kier alpha value is -2.63. The second kappa shape index (κ2) is 5.40. The summed E-state index contributed by atoms with van der Waals surface area (Å²) in [6, 6.07) is 10.2. The SMILES string of the molecule is Cc1cc(C(C)Nc2cccc(-c3nn[nH]n3)c2)c(C)o1. The lowest BCUT2D eigenvalue weighted by Gasteiger charge is -2.15. The number of nitrogens with zero attached hydrogens (tertiary/aromatic N) is 3. The van der Waals surface area contributed by atoms with Crippen molar-refractivity contribution in [2.75, 3.05) is 5.32 Å². The van der Waals surface area contributed by atoms with Crippen LogP contribution in [0.4, 0.5) is 5.69 Å². The third kappa shape index (κ3) is 2.79. The molecule has 0 spiro atoms. The van der Waals surface area contributed by atoms with Crippen LogP contribution in [0.1, 0.15) is 30.0 Å². The van der Waals surface area contributed by atoms with Crippen molar-refractivity contribution in [2.24, 2.45) is 0 Å². The quantitative estimate of drug-likeness (QED) is 0.768. The Labute approximate surface area is 122 Å². The van der Waals surface area contributed by atoms with Gasteiger partial charge in [0.1, 0.15) is 11.5 Å². The first-order valence-electron chi connectivity index (χ1n) is 6.81. The van der Waals surface area contributed by atoms with Gasteiger partial charge in [-0.2, -0.15) is 5.21 Å². The normalized spacial score (nSPS) is 12.3. The number of rotatable bonds is 4. The minimum Gasteiger partial charge on any atom is -0.466 e. The number of nitrogens with one attached hydrogen (secondary N) is 2. The Morgan fingerprint density at radius 3 is 2.76 bits per heavy atom. The summed E-state index contributed by atoms with van der Waals surface area (Å²) in [5.41, 5.74) is 3.08. The van der Waals surface area contributed by atoms with Crippen molar-refractivity contribution in [3.05, 3.63) is 47.4 Å². The summed E-state index contributed by atoms with van der Waals surface area (Å²) in [4.78, 5) is 0. The molecule has 6 nitrogen and oxygen atoms in total. The molecule has 0 fully saturated rings. The van der Waals surface area contributed by atoms with Gasteiger partial charge >= 0.3 is 0 Å². The van der Waals surface area contributed by atoms with Crippen molar-refractivity contribution < 1.29 is 4.42 Å². The van der Waals surface area contributed by atoms with Crippen LogP contribution >= 0.6 is 0 Å². The second-order valence-corrected chi connectivity index (χ2v) is 5.05. The molecule has 3 aromatic rings. The van der Waals surface area contributed by atoms with Crippen LogP contribution in [0.2, 0.25) is 0 Å². The molecule has 3 rings (SSSR count). The van der Waals surface area contributed by atoms with E-state index in [9.17, 15) is 0 Å². The number of furan rings is 1. The first-order chi connectivity index (χ1) is 10.1. The highest BCUT2D eigenvalue weighted by molar-refractivity contribution is 5.62. The zero-order chi connectivity index (χ0) is 14.8. The zero-order valence-corrected chi connectivity index (χ0v) is 12.2. The first kappa shape index (κ1) is 13.4. The third-order valence-electron chi connectivity index (χ3n) is 3.40. The maximum atomic E-state index is 5.58. The van der Waals surface area contributed by atoms with E-state index in [1.165, 1.54) is 0 Å². The van der Waals surface area contributed by atoms with E-state index < -0.39 is 0 Å². The topological polar surface area (TPSA) is 79.6 Å². The number of H-pyrrole nitrogens is 1. The minimum absolute atomic E-state index is 0.156. The van der Waals surface area contributed by atoms with Gasteiger partial charge in [0.2, 0.25) is 5.82 Å².